The third-order valence-electron chi connectivity index (χ3n) is 5.11. The molecule has 1 amide bonds. The van der Waals surface area contributed by atoms with Crippen molar-refractivity contribution in [2.24, 2.45) is 0 Å². The molecule has 0 radical (unpaired) electrons. The topological polar surface area (TPSA) is 91.2 Å². The first kappa shape index (κ1) is 17.3. The van der Waals surface area contributed by atoms with Gasteiger partial charge in [0.2, 0.25) is 0 Å². The molecule has 0 saturated carbocycles. The fraction of sp³-hybridized carbons (Fsp3) is 0.316. The second-order valence-corrected chi connectivity index (χ2v) is 6.90. The number of hydrogen-bond donors (Lipinski definition) is 2. The number of piperidine rings is 1. The number of H-pyrrole nitrogens is 1. The number of aryl methyl sites for hydroxylation is 1. The molecule has 0 unspecified atom stereocenters. The highest BCUT2D eigenvalue weighted by atomic mass is 19.1. The lowest BCUT2D eigenvalue weighted by atomic mass is 10.0. The Bertz CT molecular complexity index is 1030. The number of carbonyl (C=O) groups excluding carboxylic acids is 1. The van der Waals surface area contributed by atoms with Gasteiger partial charge < -0.3 is 15.0 Å². The van der Waals surface area contributed by atoms with Gasteiger partial charge in [0.1, 0.15) is 11.5 Å². The van der Waals surface area contributed by atoms with Crippen LogP contribution in [0.3, 0.4) is 0 Å². The van der Waals surface area contributed by atoms with E-state index in [1.807, 2.05) is 6.92 Å². The minimum absolute atomic E-state index is 0.0706. The van der Waals surface area contributed by atoms with E-state index >= 15 is 0 Å². The van der Waals surface area contributed by atoms with E-state index in [-0.39, 0.29) is 23.3 Å². The van der Waals surface area contributed by atoms with Crippen molar-refractivity contribution in [2.75, 3.05) is 13.1 Å². The number of carbonyl (C=O) groups is 2. The van der Waals surface area contributed by atoms with Crippen molar-refractivity contribution >= 4 is 22.8 Å². The van der Waals surface area contributed by atoms with Crippen LogP contribution in [0, 0.1) is 12.7 Å². The summed E-state index contributed by atoms with van der Waals surface area (Å²) < 4.78 is 15.2. The summed E-state index contributed by atoms with van der Waals surface area (Å²) in [5.41, 5.74) is 2.01. The van der Waals surface area contributed by atoms with Gasteiger partial charge in [0.25, 0.3) is 5.91 Å². The van der Waals surface area contributed by atoms with E-state index in [9.17, 15) is 14.0 Å². The van der Waals surface area contributed by atoms with Crippen LogP contribution in [-0.2, 0) is 0 Å². The Morgan fingerprint density at radius 3 is 2.67 bits per heavy atom. The van der Waals surface area contributed by atoms with Gasteiger partial charge in [-0.1, -0.05) is 0 Å². The molecule has 2 N–H and O–H groups in total. The van der Waals surface area contributed by atoms with Gasteiger partial charge in [-0.25, -0.2) is 9.18 Å². The summed E-state index contributed by atoms with van der Waals surface area (Å²) in [5, 5.41) is 14.0. The minimum Gasteiger partial charge on any atom is -0.478 e. The molecule has 0 bridgehead atoms. The molecule has 7 nitrogen and oxygen atoms in total. The first-order chi connectivity index (χ1) is 12.9. The van der Waals surface area contributed by atoms with Crippen molar-refractivity contribution in [1.82, 2.24) is 19.7 Å². The van der Waals surface area contributed by atoms with E-state index in [0.29, 0.717) is 37.1 Å². The normalized spacial score (nSPS) is 15.4. The Labute approximate surface area is 154 Å². The standard InChI is InChI=1S/C19H19FN4O3/c1-11-6-13(20)7-16-15(11)8-17(22-16)18(25)23-4-2-14(3-5-23)24-10-12(9-21-24)19(26)27/h6-10,14,22H,2-5H2,1H3,(H,26,27). The molecule has 140 valence electrons. The zero-order valence-electron chi connectivity index (χ0n) is 14.8. The molecule has 0 atom stereocenters. The number of benzene rings is 1. The molecule has 1 aliphatic heterocycles. The number of fused-ring (bicyclic) bond motifs is 1. The lowest BCUT2D eigenvalue weighted by molar-refractivity contribution is 0.0684. The van der Waals surface area contributed by atoms with Crippen molar-refractivity contribution in [3.8, 4) is 0 Å². The van der Waals surface area contributed by atoms with Gasteiger partial charge in [0.15, 0.2) is 0 Å². The molecule has 0 aliphatic carbocycles. The Balaban J connectivity index is 1.47. The molecular weight excluding hydrogens is 351 g/mol. The monoisotopic (exact) mass is 370 g/mol. The van der Waals surface area contributed by atoms with Crippen LogP contribution in [0.2, 0.25) is 0 Å². The second-order valence-electron chi connectivity index (χ2n) is 6.90. The average molecular weight is 370 g/mol. The van der Waals surface area contributed by atoms with Crippen LogP contribution in [0.1, 0.15) is 45.3 Å². The predicted octanol–water partition coefficient (Wildman–Crippen LogP) is 2.99. The van der Waals surface area contributed by atoms with Crippen LogP contribution in [0.4, 0.5) is 4.39 Å². The number of aromatic nitrogens is 3. The van der Waals surface area contributed by atoms with Crippen molar-refractivity contribution in [3.63, 3.8) is 0 Å². The molecule has 3 heterocycles. The number of nitrogens with zero attached hydrogens (tertiary/aromatic N) is 3. The first-order valence-electron chi connectivity index (χ1n) is 8.78. The Kier molecular flexibility index (Phi) is 4.18. The molecule has 1 saturated heterocycles. The number of likely N-dealkylation sites (tertiary alicyclic amines) is 1. The van der Waals surface area contributed by atoms with Crippen molar-refractivity contribution in [1.29, 1.82) is 0 Å². The Hall–Kier alpha value is -3.16. The van der Waals surface area contributed by atoms with Crippen LogP contribution in [0.15, 0.2) is 30.6 Å². The third kappa shape index (κ3) is 3.18. The molecule has 3 aromatic rings. The lowest BCUT2D eigenvalue weighted by Crippen LogP contribution is -2.39. The number of aromatic carboxylic acids is 1. The first-order valence-corrected chi connectivity index (χ1v) is 8.78. The maximum Gasteiger partial charge on any atom is 0.338 e. The summed E-state index contributed by atoms with van der Waals surface area (Å²) in [6.45, 7) is 2.91. The van der Waals surface area contributed by atoms with Gasteiger partial charge in [0, 0.05) is 30.2 Å². The maximum absolute atomic E-state index is 13.6. The van der Waals surface area contributed by atoms with E-state index < -0.39 is 5.97 Å². The molecule has 4 rings (SSSR count). The number of carboxylic acids is 1. The number of aromatic amines is 1. The zero-order chi connectivity index (χ0) is 19.1. The lowest BCUT2D eigenvalue weighted by Gasteiger charge is -2.31. The number of nitrogens with one attached hydrogen (secondary N) is 1. The van der Waals surface area contributed by atoms with Gasteiger partial charge in [-0.15, -0.1) is 0 Å². The summed E-state index contributed by atoms with van der Waals surface area (Å²) in [5.74, 6) is -1.45. The molecule has 8 heteroatoms. The van der Waals surface area contributed by atoms with E-state index in [1.165, 1.54) is 24.5 Å². The molecular formula is C19H19FN4O3. The molecule has 1 aromatic carbocycles. The zero-order valence-corrected chi connectivity index (χ0v) is 14.8. The quantitative estimate of drug-likeness (QED) is 0.741. The number of halogens is 1. The SMILES string of the molecule is Cc1cc(F)cc2[nH]c(C(=O)N3CCC(n4cc(C(=O)O)cn4)CC3)cc12. The van der Waals surface area contributed by atoms with Gasteiger partial charge in [-0.05, 0) is 43.5 Å². The van der Waals surface area contributed by atoms with Crippen molar-refractivity contribution in [2.45, 2.75) is 25.8 Å². The second kappa shape index (κ2) is 6.53. The molecule has 27 heavy (non-hydrogen) atoms. The number of carboxylic acid groups (broad SMARTS) is 1. The number of hydrogen-bond acceptors (Lipinski definition) is 3. The summed E-state index contributed by atoms with van der Waals surface area (Å²) in [6.07, 6.45) is 4.26. The third-order valence-corrected chi connectivity index (χ3v) is 5.11. The highest BCUT2D eigenvalue weighted by Gasteiger charge is 2.26. The summed E-state index contributed by atoms with van der Waals surface area (Å²) in [4.78, 5) is 28.6. The maximum atomic E-state index is 13.6. The average Bonchev–Trinajstić information content (AvgIpc) is 3.28. The number of rotatable bonds is 3. The van der Waals surface area contributed by atoms with Crippen molar-refractivity contribution in [3.05, 3.63) is 53.2 Å². The van der Waals surface area contributed by atoms with Crippen molar-refractivity contribution < 1.29 is 19.1 Å². The smallest absolute Gasteiger partial charge is 0.338 e. The fourth-order valence-corrected chi connectivity index (χ4v) is 3.64. The predicted molar refractivity (Wildman–Crippen MR) is 96.4 cm³/mol. The highest BCUT2D eigenvalue weighted by molar-refractivity contribution is 5.98. The highest BCUT2D eigenvalue weighted by Crippen LogP contribution is 2.25. The molecule has 1 aliphatic rings. The van der Waals surface area contributed by atoms with Crippen LogP contribution in [-0.4, -0.2) is 49.7 Å². The van der Waals surface area contributed by atoms with Gasteiger partial charge >= 0.3 is 5.97 Å². The summed E-state index contributed by atoms with van der Waals surface area (Å²) >= 11 is 0. The van der Waals surface area contributed by atoms with Crippen LogP contribution in [0.5, 0.6) is 0 Å². The summed E-state index contributed by atoms with van der Waals surface area (Å²) in [6, 6.07) is 4.68. The van der Waals surface area contributed by atoms with Crippen LogP contribution >= 0.6 is 0 Å². The van der Waals surface area contributed by atoms with E-state index in [0.717, 1.165) is 10.9 Å². The van der Waals surface area contributed by atoms with Gasteiger partial charge in [0.05, 0.1) is 17.8 Å². The van der Waals surface area contributed by atoms with Crippen LogP contribution in [0.25, 0.3) is 10.9 Å². The molecule has 0 spiro atoms. The fourth-order valence-electron chi connectivity index (χ4n) is 3.64. The van der Waals surface area contributed by atoms with E-state index in [1.54, 1.807) is 15.6 Å². The van der Waals surface area contributed by atoms with Gasteiger partial charge in [-0.3, -0.25) is 9.48 Å². The minimum atomic E-state index is -1.00. The van der Waals surface area contributed by atoms with Gasteiger partial charge in [-0.2, -0.15) is 5.10 Å². The Morgan fingerprint density at radius 2 is 2.00 bits per heavy atom. The number of amides is 1. The largest absolute Gasteiger partial charge is 0.478 e. The molecule has 2 aromatic heterocycles. The van der Waals surface area contributed by atoms with E-state index in [4.69, 9.17) is 5.11 Å². The van der Waals surface area contributed by atoms with Crippen LogP contribution < -0.4 is 0 Å². The Morgan fingerprint density at radius 1 is 1.26 bits per heavy atom. The summed E-state index contributed by atoms with van der Waals surface area (Å²) in [7, 11) is 0. The van der Waals surface area contributed by atoms with E-state index in [2.05, 4.69) is 10.1 Å². The molecule has 1 fully saturated rings.